The second kappa shape index (κ2) is 8.50. The molecule has 0 aliphatic heterocycles. The van der Waals surface area contributed by atoms with Crippen molar-refractivity contribution in [2.24, 2.45) is 0 Å². The zero-order valence-corrected chi connectivity index (χ0v) is 15.4. The molecular weight excluding hydrogens is 322 g/mol. The monoisotopic (exact) mass is 347 g/mol. The Bertz CT molecular complexity index is 855. The highest BCUT2D eigenvalue weighted by Gasteiger charge is 2.14. The molecule has 0 aliphatic rings. The van der Waals surface area contributed by atoms with Crippen LogP contribution < -0.4 is 10.1 Å². The van der Waals surface area contributed by atoms with Gasteiger partial charge in [0.2, 0.25) is 0 Å². The van der Waals surface area contributed by atoms with Crippen LogP contribution in [0.3, 0.4) is 0 Å². The van der Waals surface area contributed by atoms with Gasteiger partial charge in [0.05, 0.1) is 11.9 Å². The molecule has 134 valence electrons. The van der Waals surface area contributed by atoms with Crippen molar-refractivity contribution in [1.82, 2.24) is 15.1 Å². The molecule has 3 aromatic rings. The lowest BCUT2D eigenvalue weighted by Gasteiger charge is -2.16. The lowest BCUT2D eigenvalue weighted by atomic mass is 10.1. The van der Waals surface area contributed by atoms with Crippen LogP contribution in [0, 0.1) is 6.92 Å². The van der Waals surface area contributed by atoms with E-state index in [1.807, 2.05) is 47.3 Å². The standard InChI is InChI=1S/C22H25N3O/c1-4-14-26-22-13-9-8-10-19(22)15-23-17(2)21-16-24-25(18(21)3)20-11-6-5-7-12-20/h4-13,16-17,23H,1,14-15H2,2-3H3/t17-/m1/s1. The fourth-order valence-electron chi connectivity index (χ4n) is 2.99. The van der Waals surface area contributed by atoms with Crippen molar-refractivity contribution in [3.63, 3.8) is 0 Å². The average Bonchev–Trinajstić information content (AvgIpc) is 3.07. The van der Waals surface area contributed by atoms with E-state index in [9.17, 15) is 0 Å². The number of aromatic nitrogens is 2. The van der Waals surface area contributed by atoms with Gasteiger partial charge in [-0.2, -0.15) is 5.10 Å². The van der Waals surface area contributed by atoms with E-state index in [0.29, 0.717) is 6.61 Å². The van der Waals surface area contributed by atoms with E-state index in [2.05, 4.69) is 49.0 Å². The normalized spacial score (nSPS) is 11.9. The van der Waals surface area contributed by atoms with E-state index in [4.69, 9.17) is 4.74 Å². The highest BCUT2D eigenvalue weighted by atomic mass is 16.5. The summed E-state index contributed by atoms with van der Waals surface area (Å²) >= 11 is 0. The van der Waals surface area contributed by atoms with E-state index in [0.717, 1.165) is 29.2 Å². The van der Waals surface area contributed by atoms with Gasteiger partial charge in [-0.05, 0) is 32.0 Å². The van der Waals surface area contributed by atoms with Crippen LogP contribution in [0.5, 0.6) is 5.75 Å². The highest BCUT2D eigenvalue weighted by molar-refractivity contribution is 5.36. The zero-order valence-electron chi connectivity index (χ0n) is 15.4. The van der Waals surface area contributed by atoms with E-state index in [1.165, 1.54) is 5.56 Å². The SMILES string of the molecule is C=CCOc1ccccc1CN[C@H](C)c1cnn(-c2ccccc2)c1C. The first-order chi connectivity index (χ1) is 12.7. The van der Waals surface area contributed by atoms with Gasteiger partial charge >= 0.3 is 0 Å². The molecule has 0 saturated carbocycles. The Balaban J connectivity index is 1.71. The van der Waals surface area contributed by atoms with Crippen LogP contribution in [-0.4, -0.2) is 16.4 Å². The van der Waals surface area contributed by atoms with Crippen LogP contribution >= 0.6 is 0 Å². The molecule has 1 atom stereocenters. The van der Waals surface area contributed by atoms with Crippen molar-refractivity contribution in [1.29, 1.82) is 0 Å². The predicted molar refractivity (Wildman–Crippen MR) is 106 cm³/mol. The Morgan fingerprint density at radius 2 is 1.88 bits per heavy atom. The summed E-state index contributed by atoms with van der Waals surface area (Å²) < 4.78 is 7.72. The number of nitrogens with one attached hydrogen (secondary N) is 1. The first-order valence-electron chi connectivity index (χ1n) is 8.85. The lowest BCUT2D eigenvalue weighted by molar-refractivity contribution is 0.357. The van der Waals surface area contributed by atoms with Crippen molar-refractivity contribution in [2.45, 2.75) is 26.4 Å². The number of nitrogens with zero attached hydrogens (tertiary/aromatic N) is 2. The summed E-state index contributed by atoms with van der Waals surface area (Å²) in [6.07, 6.45) is 3.70. The van der Waals surface area contributed by atoms with Gasteiger partial charge in [-0.3, -0.25) is 0 Å². The molecule has 0 amide bonds. The van der Waals surface area contributed by atoms with Crippen molar-refractivity contribution in [2.75, 3.05) is 6.61 Å². The smallest absolute Gasteiger partial charge is 0.124 e. The molecule has 1 aromatic heterocycles. The van der Waals surface area contributed by atoms with Gasteiger partial charge in [-0.15, -0.1) is 0 Å². The summed E-state index contributed by atoms with van der Waals surface area (Å²) in [6.45, 7) is 9.21. The summed E-state index contributed by atoms with van der Waals surface area (Å²) in [5, 5.41) is 8.14. The van der Waals surface area contributed by atoms with Crippen LogP contribution in [0.15, 0.2) is 73.4 Å². The number of rotatable bonds is 8. The molecule has 0 bridgehead atoms. The molecule has 0 radical (unpaired) electrons. The first-order valence-corrected chi connectivity index (χ1v) is 8.85. The van der Waals surface area contributed by atoms with E-state index in [-0.39, 0.29) is 6.04 Å². The van der Waals surface area contributed by atoms with Crippen molar-refractivity contribution >= 4 is 0 Å². The van der Waals surface area contributed by atoms with Crippen LogP contribution in [0.1, 0.15) is 29.8 Å². The fourth-order valence-corrected chi connectivity index (χ4v) is 2.99. The highest BCUT2D eigenvalue weighted by Crippen LogP contribution is 2.22. The molecule has 4 nitrogen and oxygen atoms in total. The van der Waals surface area contributed by atoms with Gasteiger partial charge in [0.1, 0.15) is 12.4 Å². The van der Waals surface area contributed by atoms with Crippen LogP contribution in [0.25, 0.3) is 5.69 Å². The molecule has 2 aromatic carbocycles. The summed E-state index contributed by atoms with van der Waals surface area (Å²) in [4.78, 5) is 0. The summed E-state index contributed by atoms with van der Waals surface area (Å²) in [5.41, 5.74) is 4.55. The molecule has 0 spiro atoms. The maximum absolute atomic E-state index is 5.74. The number of para-hydroxylation sites is 2. The van der Waals surface area contributed by atoms with Crippen LogP contribution in [0.2, 0.25) is 0 Å². The topological polar surface area (TPSA) is 39.1 Å². The Labute approximate surface area is 155 Å². The molecule has 0 fully saturated rings. The van der Waals surface area contributed by atoms with E-state index < -0.39 is 0 Å². The fraction of sp³-hybridized carbons (Fsp3) is 0.227. The Hall–Kier alpha value is -2.85. The summed E-state index contributed by atoms with van der Waals surface area (Å²) in [6, 6.07) is 18.5. The predicted octanol–water partition coefficient (Wildman–Crippen LogP) is 4.60. The minimum atomic E-state index is 0.180. The quantitative estimate of drug-likeness (QED) is 0.606. The number of hydrogen-bond acceptors (Lipinski definition) is 3. The van der Waals surface area contributed by atoms with Gasteiger partial charge in [0.15, 0.2) is 0 Å². The van der Waals surface area contributed by atoms with E-state index >= 15 is 0 Å². The number of benzene rings is 2. The molecule has 3 rings (SSSR count). The van der Waals surface area contributed by atoms with Crippen molar-refractivity contribution in [3.05, 3.63) is 90.3 Å². The van der Waals surface area contributed by atoms with Crippen molar-refractivity contribution < 1.29 is 4.74 Å². The Morgan fingerprint density at radius 1 is 1.15 bits per heavy atom. The molecule has 0 saturated heterocycles. The molecule has 0 unspecified atom stereocenters. The number of hydrogen-bond donors (Lipinski definition) is 1. The molecule has 0 aliphatic carbocycles. The zero-order chi connectivity index (χ0) is 18.4. The molecular formula is C22H25N3O. The minimum absolute atomic E-state index is 0.180. The maximum Gasteiger partial charge on any atom is 0.124 e. The Kier molecular flexibility index (Phi) is 5.87. The van der Waals surface area contributed by atoms with E-state index in [1.54, 1.807) is 6.08 Å². The molecule has 26 heavy (non-hydrogen) atoms. The second-order valence-corrected chi connectivity index (χ2v) is 6.24. The van der Waals surface area contributed by atoms with Gasteiger partial charge in [0, 0.05) is 29.4 Å². The first kappa shape index (κ1) is 18.0. The van der Waals surface area contributed by atoms with Gasteiger partial charge < -0.3 is 10.1 Å². The van der Waals surface area contributed by atoms with Gasteiger partial charge in [-0.1, -0.05) is 49.1 Å². The number of ether oxygens (including phenoxy) is 1. The second-order valence-electron chi connectivity index (χ2n) is 6.24. The maximum atomic E-state index is 5.74. The van der Waals surface area contributed by atoms with Crippen LogP contribution in [0.4, 0.5) is 0 Å². The summed E-state index contributed by atoms with van der Waals surface area (Å²) in [5.74, 6) is 0.892. The summed E-state index contributed by atoms with van der Waals surface area (Å²) in [7, 11) is 0. The van der Waals surface area contributed by atoms with Crippen LogP contribution in [-0.2, 0) is 6.54 Å². The largest absolute Gasteiger partial charge is 0.489 e. The van der Waals surface area contributed by atoms with Gasteiger partial charge in [0.25, 0.3) is 0 Å². The third-order valence-electron chi connectivity index (χ3n) is 4.44. The van der Waals surface area contributed by atoms with Crippen molar-refractivity contribution in [3.8, 4) is 11.4 Å². The average molecular weight is 347 g/mol. The molecule has 1 N–H and O–H groups in total. The van der Waals surface area contributed by atoms with Gasteiger partial charge in [-0.25, -0.2) is 4.68 Å². The minimum Gasteiger partial charge on any atom is -0.489 e. The lowest BCUT2D eigenvalue weighted by Crippen LogP contribution is -2.19. The Morgan fingerprint density at radius 3 is 2.65 bits per heavy atom. The molecule has 1 heterocycles. The third-order valence-corrected chi connectivity index (χ3v) is 4.44. The molecule has 4 heteroatoms. The third kappa shape index (κ3) is 4.03.